The van der Waals surface area contributed by atoms with Crippen LogP contribution < -0.4 is 15.9 Å². The first-order chi connectivity index (χ1) is 8.58. The first-order valence-electron chi connectivity index (χ1n) is 5.36. The number of hydrogen-bond donors (Lipinski definition) is 2. The van der Waals surface area contributed by atoms with Crippen molar-refractivity contribution in [2.75, 3.05) is 6.61 Å². The molecule has 0 atom stereocenters. The van der Waals surface area contributed by atoms with Gasteiger partial charge in [0, 0.05) is 5.71 Å². The van der Waals surface area contributed by atoms with E-state index in [0.29, 0.717) is 11.5 Å². The van der Waals surface area contributed by atoms with Crippen molar-refractivity contribution in [3.8, 4) is 5.75 Å². The van der Waals surface area contributed by atoms with E-state index in [-0.39, 0.29) is 13.0 Å². The standard InChI is InChI=1S/C12H15N3O3/c1-9(7-11(13)16)14-15-12(17)8-18-10-5-3-2-4-6-10/h2-6H,7-8H2,1H3,(H2,13,16)(H,15,17)/b14-9-. The molecule has 0 heterocycles. The minimum atomic E-state index is -0.494. The summed E-state index contributed by atoms with van der Waals surface area (Å²) < 4.78 is 5.21. The van der Waals surface area contributed by atoms with Crippen molar-refractivity contribution >= 4 is 17.5 Å². The van der Waals surface area contributed by atoms with Crippen LogP contribution in [-0.2, 0) is 9.59 Å². The molecule has 0 radical (unpaired) electrons. The number of hydrazone groups is 1. The summed E-state index contributed by atoms with van der Waals surface area (Å²) in [6.07, 6.45) is 0.0137. The summed E-state index contributed by atoms with van der Waals surface area (Å²) >= 11 is 0. The van der Waals surface area contributed by atoms with Crippen molar-refractivity contribution in [3.63, 3.8) is 0 Å². The summed E-state index contributed by atoms with van der Waals surface area (Å²) in [6, 6.07) is 8.96. The Morgan fingerprint density at radius 3 is 2.61 bits per heavy atom. The maximum Gasteiger partial charge on any atom is 0.277 e. The fourth-order valence-corrected chi connectivity index (χ4v) is 1.15. The molecule has 0 unspecified atom stereocenters. The SMILES string of the molecule is C/C(CC(N)=O)=N/NC(=O)COc1ccccc1. The van der Waals surface area contributed by atoms with E-state index in [0.717, 1.165) is 0 Å². The molecule has 6 heteroatoms. The van der Waals surface area contributed by atoms with Crippen molar-refractivity contribution in [1.82, 2.24) is 5.43 Å². The van der Waals surface area contributed by atoms with Gasteiger partial charge in [-0.1, -0.05) is 18.2 Å². The number of benzene rings is 1. The van der Waals surface area contributed by atoms with E-state index in [9.17, 15) is 9.59 Å². The molecule has 6 nitrogen and oxygen atoms in total. The normalized spacial score (nSPS) is 10.8. The lowest BCUT2D eigenvalue weighted by Crippen LogP contribution is -2.26. The molecule has 0 aliphatic carbocycles. The van der Waals surface area contributed by atoms with Gasteiger partial charge >= 0.3 is 0 Å². The third-order valence-corrected chi connectivity index (χ3v) is 1.91. The van der Waals surface area contributed by atoms with Gasteiger partial charge in [-0.3, -0.25) is 9.59 Å². The average molecular weight is 249 g/mol. The number of rotatable bonds is 6. The first kappa shape index (κ1) is 13.7. The molecule has 0 fully saturated rings. The van der Waals surface area contributed by atoms with E-state index in [1.54, 1.807) is 19.1 Å². The van der Waals surface area contributed by atoms with Crippen LogP contribution in [0, 0.1) is 0 Å². The molecule has 18 heavy (non-hydrogen) atoms. The van der Waals surface area contributed by atoms with Crippen LogP contribution in [0.15, 0.2) is 35.4 Å². The van der Waals surface area contributed by atoms with Gasteiger partial charge in [-0.05, 0) is 19.1 Å². The van der Waals surface area contributed by atoms with Crippen LogP contribution in [0.2, 0.25) is 0 Å². The van der Waals surface area contributed by atoms with Crippen LogP contribution in [0.3, 0.4) is 0 Å². The van der Waals surface area contributed by atoms with Crippen molar-refractivity contribution in [1.29, 1.82) is 0 Å². The maximum absolute atomic E-state index is 11.3. The summed E-state index contributed by atoms with van der Waals surface area (Å²) in [4.78, 5) is 21.9. The Balaban J connectivity index is 2.32. The highest BCUT2D eigenvalue weighted by molar-refractivity contribution is 5.99. The smallest absolute Gasteiger partial charge is 0.277 e. The predicted molar refractivity (Wildman–Crippen MR) is 67.0 cm³/mol. The molecule has 0 bridgehead atoms. The Hall–Kier alpha value is -2.37. The Bertz CT molecular complexity index is 443. The highest BCUT2D eigenvalue weighted by atomic mass is 16.5. The number of nitrogens with zero attached hydrogens (tertiary/aromatic N) is 1. The number of amides is 2. The van der Waals surface area contributed by atoms with Gasteiger partial charge in [0.05, 0.1) is 6.42 Å². The van der Waals surface area contributed by atoms with Gasteiger partial charge in [0.1, 0.15) is 5.75 Å². The largest absolute Gasteiger partial charge is 0.484 e. The molecule has 96 valence electrons. The van der Waals surface area contributed by atoms with E-state index in [1.165, 1.54) is 0 Å². The lowest BCUT2D eigenvalue weighted by Gasteiger charge is -2.04. The second-order valence-corrected chi connectivity index (χ2v) is 3.63. The van der Waals surface area contributed by atoms with Gasteiger partial charge in [0.25, 0.3) is 5.91 Å². The average Bonchev–Trinajstić information content (AvgIpc) is 2.34. The zero-order chi connectivity index (χ0) is 13.4. The Kier molecular flexibility index (Phi) is 5.37. The van der Waals surface area contributed by atoms with E-state index in [2.05, 4.69) is 10.5 Å². The molecule has 0 aliphatic heterocycles. The number of nitrogens with one attached hydrogen (secondary N) is 1. The third-order valence-electron chi connectivity index (χ3n) is 1.91. The van der Waals surface area contributed by atoms with Crippen molar-refractivity contribution in [2.45, 2.75) is 13.3 Å². The second-order valence-electron chi connectivity index (χ2n) is 3.63. The van der Waals surface area contributed by atoms with Crippen LogP contribution in [0.4, 0.5) is 0 Å². The van der Waals surface area contributed by atoms with Crippen molar-refractivity contribution in [3.05, 3.63) is 30.3 Å². The number of ether oxygens (including phenoxy) is 1. The van der Waals surface area contributed by atoms with E-state index in [4.69, 9.17) is 10.5 Å². The second kappa shape index (κ2) is 7.05. The van der Waals surface area contributed by atoms with Gasteiger partial charge in [-0.25, -0.2) is 5.43 Å². The minimum absolute atomic E-state index is 0.0137. The quantitative estimate of drug-likeness (QED) is 0.565. The number of nitrogens with two attached hydrogens (primary N) is 1. The molecule has 1 aromatic rings. The van der Waals surface area contributed by atoms with Gasteiger partial charge < -0.3 is 10.5 Å². The molecule has 0 saturated carbocycles. The number of primary amides is 1. The molecule has 2 amide bonds. The van der Waals surface area contributed by atoms with Crippen molar-refractivity contribution < 1.29 is 14.3 Å². The minimum Gasteiger partial charge on any atom is -0.484 e. The van der Waals surface area contributed by atoms with Crippen LogP contribution >= 0.6 is 0 Å². The van der Waals surface area contributed by atoms with E-state index < -0.39 is 11.8 Å². The number of carbonyl (C=O) groups excluding carboxylic acids is 2. The summed E-state index contributed by atoms with van der Waals surface area (Å²) in [7, 11) is 0. The fourth-order valence-electron chi connectivity index (χ4n) is 1.15. The molecule has 3 N–H and O–H groups in total. The van der Waals surface area contributed by atoms with Gasteiger partial charge in [0.15, 0.2) is 6.61 Å². The zero-order valence-corrected chi connectivity index (χ0v) is 10.1. The molecule has 0 aromatic heterocycles. The van der Waals surface area contributed by atoms with Crippen LogP contribution in [0.1, 0.15) is 13.3 Å². The molecule has 1 rings (SSSR count). The highest BCUT2D eigenvalue weighted by Gasteiger charge is 2.02. The van der Waals surface area contributed by atoms with Crippen molar-refractivity contribution in [2.24, 2.45) is 10.8 Å². The third kappa shape index (κ3) is 5.64. The predicted octanol–water partition coefficient (Wildman–Crippen LogP) is 0.433. The molecular weight excluding hydrogens is 234 g/mol. The molecular formula is C12H15N3O3. The fraction of sp³-hybridized carbons (Fsp3) is 0.250. The summed E-state index contributed by atoms with van der Waals surface area (Å²) in [5.74, 6) is -0.292. The topological polar surface area (TPSA) is 93.8 Å². The van der Waals surface area contributed by atoms with Crippen LogP contribution in [0.25, 0.3) is 0 Å². The Morgan fingerprint density at radius 1 is 1.33 bits per heavy atom. The zero-order valence-electron chi connectivity index (χ0n) is 10.1. The number of carbonyl (C=O) groups is 2. The van der Waals surface area contributed by atoms with Crippen LogP contribution in [-0.4, -0.2) is 24.1 Å². The lowest BCUT2D eigenvalue weighted by molar-refractivity contribution is -0.123. The molecule has 1 aromatic carbocycles. The molecule has 0 aliphatic rings. The monoisotopic (exact) mass is 249 g/mol. The summed E-state index contributed by atoms with van der Waals surface area (Å²) in [5.41, 5.74) is 7.69. The number of para-hydroxylation sites is 1. The Labute approximate surface area is 105 Å². The van der Waals surface area contributed by atoms with Gasteiger partial charge in [0.2, 0.25) is 5.91 Å². The van der Waals surface area contributed by atoms with E-state index >= 15 is 0 Å². The first-order valence-corrected chi connectivity index (χ1v) is 5.36. The van der Waals surface area contributed by atoms with Gasteiger partial charge in [-0.2, -0.15) is 5.10 Å². The highest BCUT2D eigenvalue weighted by Crippen LogP contribution is 2.07. The number of hydrogen-bond acceptors (Lipinski definition) is 4. The molecule has 0 saturated heterocycles. The van der Waals surface area contributed by atoms with E-state index in [1.807, 2.05) is 18.2 Å². The molecule has 0 spiro atoms. The lowest BCUT2D eigenvalue weighted by atomic mass is 10.3. The van der Waals surface area contributed by atoms with Gasteiger partial charge in [-0.15, -0.1) is 0 Å². The Morgan fingerprint density at radius 2 is 2.00 bits per heavy atom. The van der Waals surface area contributed by atoms with Crippen LogP contribution in [0.5, 0.6) is 5.75 Å². The summed E-state index contributed by atoms with van der Waals surface area (Å²) in [6.45, 7) is 1.46. The maximum atomic E-state index is 11.3. The summed E-state index contributed by atoms with van der Waals surface area (Å²) in [5, 5.41) is 3.71.